The van der Waals surface area contributed by atoms with Crippen molar-refractivity contribution in [1.82, 2.24) is 19.7 Å². The van der Waals surface area contributed by atoms with E-state index in [9.17, 15) is 14.4 Å². The average Bonchev–Trinajstić information content (AvgIpc) is 3.85. The first kappa shape index (κ1) is 36.7. The second kappa shape index (κ2) is 14.6. The summed E-state index contributed by atoms with van der Waals surface area (Å²) < 4.78 is 20.5. The van der Waals surface area contributed by atoms with Gasteiger partial charge >= 0.3 is 6.03 Å². The molecule has 0 unspecified atom stereocenters. The largest absolute Gasteiger partial charge is 0.491 e. The molecular formula is C38H41Cl2N7O6. The van der Waals surface area contributed by atoms with E-state index in [2.05, 4.69) is 19.9 Å². The Morgan fingerprint density at radius 3 is 2.13 bits per heavy atom. The number of halogens is 2. The van der Waals surface area contributed by atoms with Crippen molar-refractivity contribution in [2.75, 3.05) is 54.1 Å². The van der Waals surface area contributed by atoms with E-state index >= 15 is 0 Å². The first-order valence-electron chi connectivity index (χ1n) is 17.5. The fourth-order valence-electron chi connectivity index (χ4n) is 6.91. The smallest absolute Gasteiger partial charge is 0.339 e. The summed E-state index contributed by atoms with van der Waals surface area (Å²) >= 11 is 12.7. The van der Waals surface area contributed by atoms with Gasteiger partial charge in [0.25, 0.3) is 5.91 Å². The maximum Gasteiger partial charge on any atom is 0.339 e. The van der Waals surface area contributed by atoms with E-state index < -0.39 is 29.2 Å². The van der Waals surface area contributed by atoms with E-state index in [0.717, 1.165) is 47.4 Å². The van der Waals surface area contributed by atoms with Crippen molar-refractivity contribution < 1.29 is 28.6 Å². The number of ether oxygens (including phenoxy) is 3. The molecule has 53 heavy (non-hydrogen) atoms. The summed E-state index contributed by atoms with van der Waals surface area (Å²) in [6.07, 6.45) is 2.68. The van der Waals surface area contributed by atoms with Gasteiger partial charge in [0.1, 0.15) is 43.2 Å². The Balaban J connectivity index is 0.927. The van der Waals surface area contributed by atoms with Gasteiger partial charge in [-0.2, -0.15) is 5.10 Å². The van der Waals surface area contributed by atoms with Crippen molar-refractivity contribution in [2.45, 2.75) is 51.7 Å². The zero-order valence-electron chi connectivity index (χ0n) is 29.9. The third-order valence-corrected chi connectivity index (χ3v) is 10.4. The molecule has 4 amide bonds. The number of anilines is 3. The highest BCUT2D eigenvalue weighted by Crippen LogP contribution is 2.41. The Morgan fingerprint density at radius 1 is 0.925 bits per heavy atom. The Kier molecular flexibility index (Phi) is 10.1. The molecule has 0 saturated carbocycles. The molecule has 2 atom stereocenters. The molecule has 4 heterocycles. The number of carbonyl (C=O) groups is 3. The van der Waals surface area contributed by atoms with Gasteiger partial charge in [0, 0.05) is 54.1 Å². The summed E-state index contributed by atoms with van der Waals surface area (Å²) in [5, 5.41) is 5.17. The minimum Gasteiger partial charge on any atom is -0.491 e. The van der Waals surface area contributed by atoms with Crippen LogP contribution in [0.4, 0.5) is 21.9 Å². The second-order valence-electron chi connectivity index (χ2n) is 14.1. The number of hydrogen-bond acceptors (Lipinski definition) is 10. The predicted octanol–water partition coefficient (Wildman–Crippen LogP) is 5.99. The number of carbonyl (C=O) groups excluding carboxylic acids is 3. The molecule has 3 saturated heterocycles. The van der Waals surface area contributed by atoms with E-state index in [1.807, 2.05) is 36.4 Å². The van der Waals surface area contributed by atoms with Gasteiger partial charge in [-0.25, -0.2) is 24.3 Å². The van der Waals surface area contributed by atoms with Crippen molar-refractivity contribution in [3.05, 3.63) is 95.0 Å². The maximum atomic E-state index is 13.3. The summed E-state index contributed by atoms with van der Waals surface area (Å²) in [6.45, 7) is 10.6. The van der Waals surface area contributed by atoms with Crippen LogP contribution in [0.1, 0.15) is 33.3 Å². The van der Waals surface area contributed by atoms with Crippen molar-refractivity contribution in [2.24, 2.45) is 5.92 Å². The van der Waals surface area contributed by atoms with Crippen LogP contribution in [0, 0.1) is 5.92 Å². The summed E-state index contributed by atoms with van der Waals surface area (Å²) in [4.78, 5) is 50.1. The summed E-state index contributed by atoms with van der Waals surface area (Å²) in [7, 11) is 0. The fourth-order valence-corrected chi connectivity index (χ4v) is 7.46. The highest BCUT2D eigenvalue weighted by molar-refractivity contribution is 6.35. The molecule has 0 aliphatic carbocycles. The molecule has 7 rings (SSSR count). The van der Waals surface area contributed by atoms with Crippen LogP contribution in [-0.4, -0.2) is 88.5 Å². The fraction of sp³-hybridized carbons (Fsp3) is 0.395. The lowest BCUT2D eigenvalue weighted by atomic mass is 10.0. The molecule has 3 aliphatic heterocycles. The lowest BCUT2D eigenvalue weighted by Gasteiger charge is -2.37. The molecular weight excluding hydrogens is 721 g/mol. The van der Waals surface area contributed by atoms with Gasteiger partial charge in [-0.3, -0.25) is 9.59 Å². The number of amides is 4. The minimum absolute atomic E-state index is 0.248. The normalized spacial score (nSPS) is 21.6. The standard InChI is InChI=1S/C38H41Cl2N7O6/c1-25(2)34(48)47-36(50)46(35(49)37(47,3)4)29-8-6-27(7-9-29)43-15-17-44(18-16-43)28-10-12-30(13-11-28)51-20-31-21-52-38(53-31,22-45-24-41-23-42-45)32-14-5-26(39)19-33(32)40/h5-14,19,23-25,31H,15-18,20-22H2,1-4H3/t31-,38-/m1/s1. The SMILES string of the molecule is CC(C)C(=O)N1C(=O)N(c2ccc(N3CCN(c4ccc(OC[C@@H]5CO[C@@](Cn6cncn6)(c6ccc(Cl)cc6Cl)O5)cc4)CC3)cc2)C(=O)C1(C)C. The lowest BCUT2D eigenvalue weighted by molar-refractivity contribution is -0.190. The van der Waals surface area contributed by atoms with Crippen LogP contribution in [0.25, 0.3) is 0 Å². The zero-order chi connectivity index (χ0) is 37.5. The predicted molar refractivity (Wildman–Crippen MR) is 200 cm³/mol. The topological polar surface area (TPSA) is 123 Å². The first-order valence-corrected chi connectivity index (χ1v) is 18.3. The number of rotatable bonds is 10. The minimum atomic E-state index is -1.25. The highest BCUT2D eigenvalue weighted by Gasteiger charge is 2.55. The Morgan fingerprint density at radius 2 is 1.55 bits per heavy atom. The number of urea groups is 1. The van der Waals surface area contributed by atoms with Gasteiger partial charge in [-0.1, -0.05) is 43.1 Å². The monoisotopic (exact) mass is 761 g/mol. The van der Waals surface area contributed by atoms with E-state index in [-0.39, 0.29) is 25.2 Å². The molecule has 0 spiro atoms. The summed E-state index contributed by atoms with van der Waals surface area (Å²) in [5.41, 5.74) is 1.92. The number of hydrogen-bond donors (Lipinski definition) is 0. The van der Waals surface area contributed by atoms with Gasteiger partial charge in [0.05, 0.1) is 17.3 Å². The van der Waals surface area contributed by atoms with Crippen LogP contribution in [0.15, 0.2) is 79.4 Å². The van der Waals surface area contributed by atoms with Gasteiger partial charge in [0.2, 0.25) is 11.7 Å². The van der Waals surface area contributed by atoms with Gasteiger partial charge in [-0.15, -0.1) is 0 Å². The summed E-state index contributed by atoms with van der Waals surface area (Å²) in [6, 6.07) is 20.0. The van der Waals surface area contributed by atoms with E-state index in [1.54, 1.807) is 69.0 Å². The molecule has 3 aliphatic rings. The van der Waals surface area contributed by atoms with Crippen LogP contribution in [0.3, 0.4) is 0 Å². The van der Waals surface area contributed by atoms with Crippen molar-refractivity contribution in [3.8, 4) is 5.75 Å². The molecule has 0 N–H and O–H groups in total. The quantitative estimate of drug-likeness (QED) is 0.178. The summed E-state index contributed by atoms with van der Waals surface area (Å²) in [5.74, 6) is -1.67. The van der Waals surface area contributed by atoms with Crippen LogP contribution in [0.2, 0.25) is 10.0 Å². The second-order valence-corrected chi connectivity index (χ2v) is 15.0. The number of nitrogens with zero attached hydrogens (tertiary/aromatic N) is 7. The van der Waals surface area contributed by atoms with Crippen molar-refractivity contribution in [3.63, 3.8) is 0 Å². The third-order valence-electron chi connectivity index (χ3n) is 9.81. The molecule has 3 fully saturated rings. The van der Waals surface area contributed by atoms with Crippen molar-refractivity contribution >= 4 is 58.1 Å². The molecule has 15 heteroatoms. The Hall–Kier alpha value is -4.69. The molecule has 0 bridgehead atoms. The van der Waals surface area contributed by atoms with Crippen LogP contribution >= 0.6 is 23.2 Å². The first-order chi connectivity index (χ1) is 25.4. The molecule has 4 aromatic rings. The average molecular weight is 763 g/mol. The van der Waals surface area contributed by atoms with Gasteiger partial charge in [-0.05, 0) is 74.5 Å². The number of imide groups is 2. The van der Waals surface area contributed by atoms with Gasteiger partial charge in [0.15, 0.2) is 0 Å². The van der Waals surface area contributed by atoms with Gasteiger partial charge < -0.3 is 24.0 Å². The van der Waals surface area contributed by atoms with Crippen LogP contribution < -0.4 is 19.4 Å². The molecule has 3 aromatic carbocycles. The third kappa shape index (κ3) is 7.18. The van der Waals surface area contributed by atoms with Crippen molar-refractivity contribution in [1.29, 1.82) is 0 Å². The number of aromatic nitrogens is 3. The van der Waals surface area contributed by atoms with E-state index in [1.165, 1.54) is 6.33 Å². The highest BCUT2D eigenvalue weighted by atomic mass is 35.5. The van der Waals surface area contributed by atoms with E-state index in [0.29, 0.717) is 33.7 Å². The molecule has 0 radical (unpaired) electrons. The number of piperazine rings is 1. The lowest BCUT2D eigenvalue weighted by Crippen LogP contribution is -2.49. The Bertz CT molecular complexity index is 1970. The number of benzene rings is 3. The Labute approximate surface area is 317 Å². The molecule has 278 valence electrons. The van der Waals surface area contributed by atoms with Crippen LogP contribution in [0.5, 0.6) is 5.75 Å². The zero-order valence-corrected chi connectivity index (χ0v) is 31.5. The maximum absolute atomic E-state index is 13.3. The van der Waals surface area contributed by atoms with Crippen LogP contribution in [-0.2, 0) is 31.4 Å². The van der Waals surface area contributed by atoms with E-state index in [4.69, 9.17) is 37.4 Å². The molecule has 13 nitrogen and oxygen atoms in total. The molecule has 1 aromatic heterocycles.